The van der Waals surface area contributed by atoms with Crippen LogP contribution < -0.4 is 16.8 Å². The van der Waals surface area contributed by atoms with Gasteiger partial charge >= 0.3 is 6.09 Å². The first-order valence-corrected chi connectivity index (χ1v) is 5.76. The van der Waals surface area contributed by atoms with E-state index < -0.39 is 6.09 Å². The molecule has 0 saturated heterocycles. The minimum Gasteiger partial charge on any atom is -0.448 e. The SMILES string of the molecule is Cc1cc(C)c(C(N)=S)c(NCCOC(N)=O)n1. The second-order valence-electron chi connectivity index (χ2n) is 3.76. The predicted molar refractivity (Wildman–Crippen MR) is 73.6 cm³/mol. The van der Waals surface area contributed by atoms with Crippen molar-refractivity contribution in [2.75, 3.05) is 18.5 Å². The number of anilines is 1. The van der Waals surface area contributed by atoms with Gasteiger partial charge < -0.3 is 21.5 Å². The summed E-state index contributed by atoms with van der Waals surface area (Å²) in [5.41, 5.74) is 13.0. The molecule has 7 heteroatoms. The summed E-state index contributed by atoms with van der Waals surface area (Å²) in [6, 6.07) is 1.90. The lowest BCUT2D eigenvalue weighted by Crippen LogP contribution is -2.21. The van der Waals surface area contributed by atoms with E-state index in [1.807, 2.05) is 19.9 Å². The van der Waals surface area contributed by atoms with Crippen molar-refractivity contribution in [2.24, 2.45) is 11.5 Å². The Morgan fingerprint density at radius 1 is 1.50 bits per heavy atom. The third-order valence-electron chi connectivity index (χ3n) is 2.23. The molecule has 6 nitrogen and oxygen atoms in total. The lowest BCUT2D eigenvalue weighted by atomic mass is 10.1. The number of ether oxygens (including phenoxy) is 1. The number of amides is 1. The highest BCUT2D eigenvalue weighted by molar-refractivity contribution is 7.80. The number of aromatic nitrogens is 1. The fourth-order valence-corrected chi connectivity index (χ4v) is 1.85. The minimum absolute atomic E-state index is 0.154. The van der Waals surface area contributed by atoms with Gasteiger partial charge in [-0.3, -0.25) is 0 Å². The molecule has 0 aliphatic carbocycles. The average Bonchev–Trinajstić information content (AvgIpc) is 2.22. The predicted octanol–water partition coefficient (Wildman–Crippen LogP) is 0.840. The molecule has 0 aliphatic rings. The van der Waals surface area contributed by atoms with Crippen molar-refractivity contribution in [3.63, 3.8) is 0 Å². The number of nitrogens with two attached hydrogens (primary N) is 2. The van der Waals surface area contributed by atoms with Crippen LogP contribution in [0.2, 0.25) is 0 Å². The molecule has 0 radical (unpaired) electrons. The van der Waals surface area contributed by atoms with Gasteiger partial charge in [-0.15, -0.1) is 0 Å². The number of primary amides is 1. The second-order valence-corrected chi connectivity index (χ2v) is 4.20. The molecule has 0 atom stereocenters. The van der Waals surface area contributed by atoms with Crippen LogP contribution in [0.3, 0.4) is 0 Å². The van der Waals surface area contributed by atoms with Crippen LogP contribution in [0, 0.1) is 13.8 Å². The summed E-state index contributed by atoms with van der Waals surface area (Å²) in [6.45, 7) is 4.32. The first-order valence-electron chi connectivity index (χ1n) is 5.36. The monoisotopic (exact) mass is 268 g/mol. The number of hydrogen-bond donors (Lipinski definition) is 3. The maximum atomic E-state index is 10.4. The smallest absolute Gasteiger partial charge is 0.404 e. The van der Waals surface area contributed by atoms with Crippen molar-refractivity contribution in [1.29, 1.82) is 0 Å². The van der Waals surface area contributed by atoms with Gasteiger partial charge in [0.1, 0.15) is 17.4 Å². The number of carbonyl (C=O) groups is 1. The van der Waals surface area contributed by atoms with E-state index in [0.717, 1.165) is 11.3 Å². The lowest BCUT2D eigenvalue weighted by molar-refractivity contribution is 0.161. The van der Waals surface area contributed by atoms with Gasteiger partial charge in [0.2, 0.25) is 0 Å². The molecule has 0 spiro atoms. The van der Waals surface area contributed by atoms with E-state index in [2.05, 4.69) is 15.0 Å². The molecule has 0 saturated carbocycles. The lowest BCUT2D eigenvalue weighted by Gasteiger charge is -2.13. The molecule has 1 aromatic rings. The highest BCUT2D eigenvalue weighted by atomic mass is 32.1. The van der Waals surface area contributed by atoms with E-state index in [4.69, 9.17) is 23.7 Å². The molecular formula is C11H16N4O2S. The fourth-order valence-electron chi connectivity index (χ4n) is 1.60. The van der Waals surface area contributed by atoms with Crippen LogP contribution >= 0.6 is 12.2 Å². The zero-order chi connectivity index (χ0) is 13.7. The van der Waals surface area contributed by atoms with E-state index in [1.165, 1.54) is 0 Å². The molecule has 1 aromatic heterocycles. The van der Waals surface area contributed by atoms with Crippen LogP contribution in [0.5, 0.6) is 0 Å². The van der Waals surface area contributed by atoms with Crippen LogP contribution in [0.4, 0.5) is 10.6 Å². The number of rotatable bonds is 5. The second kappa shape index (κ2) is 6.15. The molecule has 1 rings (SSSR count). The molecule has 0 bridgehead atoms. The standard InChI is InChI=1S/C11H16N4O2S/c1-6-5-7(2)15-10(8(6)9(12)18)14-3-4-17-11(13)16/h5H,3-4H2,1-2H3,(H2,12,18)(H2,13,16)(H,14,15). The van der Waals surface area contributed by atoms with Gasteiger partial charge in [0, 0.05) is 5.69 Å². The Labute approximate surface area is 111 Å². The Morgan fingerprint density at radius 3 is 2.72 bits per heavy atom. The largest absolute Gasteiger partial charge is 0.448 e. The maximum Gasteiger partial charge on any atom is 0.404 e. The van der Waals surface area contributed by atoms with Crippen LogP contribution in [0.25, 0.3) is 0 Å². The summed E-state index contributed by atoms with van der Waals surface area (Å²) in [7, 11) is 0. The van der Waals surface area contributed by atoms with E-state index in [9.17, 15) is 4.79 Å². The summed E-state index contributed by atoms with van der Waals surface area (Å²) < 4.78 is 4.61. The highest BCUT2D eigenvalue weighted by Gasteiger charge is 2.11. The number of thiocarbonyl (C=S) groups is 1. The first kappa shape index (κ1) is 14.2. The fraction of sp³-hybridized carbons (Fsp3) is 0.364. The van der Waals surface area contributed by atoms with Crippen LogP contribution in [0.15, 0.2) is 6.07 Å². The molecule has 0 unspecified atom stereocenters. The number of carbonyl (C=O) groups excluding carboxylic acids is 1. The Kier molecular flexibility index (Phi) is 4.85. The zero-order valence-electron chi connectivity index (χ0n) is 10.3. The summed E-state index contributed by atoms with van der Waals surface area (Å²) in [4.78, 5) is 15.0. The quantitative estimate of drug-likeness (QED) is 0.540. The summed E-state index contributed by atoms with van der Waals surface area (Å²) in [5.74, 6) is 0.591. The first-order chi connectivity index (χ1) is 8.41. The number of hydrogen-bond acceptors (Lipinski definition) is 5. The molecule has 98 valence electrons. The van der Waals surface area contributed by atoms with E-state index in [1.54, 1.807) is 0 Å². The molecule has 0 aromatic carbocycles. The molecule has 5 N–H and O–H groups in total. The van der Waals surface area contributed by atoms with Gasteiger partial charge in [0.25, 0.3) is 0 Å². The van der Waals surface area contributed by atoms with Crippen molar-refractivity contribution in [3.05, 3.63) is 22.9 Å². The van der Waals surface area contributed by atoms with Gasteiger partial charge in [0.05, 0.1) is 12.1 Å². The number of aryl methyl sites for hydroxylation is 2. The number of pyridine rings is 1. The van der Waals surface area contributed by atoms with Gasteiger partial charge in [-0.05, 0) is 25.5 Å². The van der Waals surface area contributed by atoms with Gasteiger partial charge in [-0.1, -0.05) is 12.2 Å². The van der Waals surface area contributed by atoms with Crippen molar-refractivity contribution in [2.45, 2.75) is 13.8 Å². The van der Waals surface area contributed by atoms with Crippen molar-refractivity contribution in [1.82, 2.24) is 4.98 Å². The third kappa shape index (κ3) is 3.85. The minimum atomic E-state index is -0.806. The number of nitrogens with one attached hydrogen (secondary N) is 1. The van der Waals surface area contributed by atoms with Crippen LogP contribution in [-0.2, 0) is 4.74 Å². The van der Waals surface area contributed by atoms with Crippen molar-refractivity contribution in [3.8, 4) is 0 Å². The molecule has 0 aliphatic heterocycles. The van der Waals surface area contributed by atoms with Crippen molar-refractivity contribution < 1.29 is 9.53 Å². The Morgan fingerprint density at radius 2 is 2.17 bits per heavy atom. The maximum absolute atomic E-state index is 10.4. The van der Waals surface area contributed by atoms with Gasteiger partial charge in [0.15, 0.2) is 0 Å². The third-order valence-corrected chi connectivity index (χ3v) is 2.43. The summed E-state index contributed by atoms with van der Waals surface area (Å²) in [5, 5.41) is 3.02. The molecule has 18 heavy (non-hydrogen) atoms. The number of nitrogens with zero attached hydrogens (tertiary/aromatic N) is 1. The molecular weight excluding hydrogens is 252 g/mol. The molecule has 1 heterocycles. The zero-order valence-corrected chi connectivity index (χ0v) is 11.1. The molecule has 1 amide bonds. The Bertz CT molecular complexity index is 476. The van der Waals surface area contributed by atoms with Gasteiger partial charge in [-0.25, -0.2) is 9.78 Å². The normalized spacial score (nSPS) is 9.89. The topological polar surface area (TPSA) is 103 Å². The van der Waals surface area contributed by atoms with Crippen LogP contribution in [-0.4, -0.2) is 29.2 Å². The average molecular weight is 268 g/mol. The molecule has 0 fully saturated rings. The Balaban J connectivity index is 2.80. The van der Waals surface area contributed by atoms with E-state index in [-0.39, 0.29) is 11.6 Å². The van der Waals surface area contributed by atoms with Crippen molar-refractivity contribution >= 4 is 29.1 Å². The van der Waals surface area contributed by atoms with Crippen LogP contribution in [0.1, 0.15) is 16.8 Å². The summed E-state index contributed by atoms with van der Waals surface area (Å²) in [6.07, 6.45) is -0.806. The van der Waals surface area contributed by atoms with E-state index in [0.29, 0.717) is 17.9 Å². The van der Waals surface area contributed by atoms with Gasteiger partial charge in [-0.2, -0.15) is 0 Å². The summed E-state index contributed by atoms with van der Waals surface area (Å²) >= 11 is 4.99. The van der Waals surface area contributed by atoms with E-state index >= 15 is 0 Å². The highest BCUT2D eigenvalue weighted by Crippen LogP contribution is 2.18. The Hall–Kier alpha value is -1.89.